The Morgan fingerprint density at radius 2 is 1.05 bits per heavy atom. The van der Waals surface area contributed by atoms with Crippen LogP contribution in [0.2, 0.25) is 0 Å². The van der Waals surface area contributed by atoms with Crippen LogP contribution in [0.3, 0.4) is 0 Å². The van der Waals surface area contributed by atoms with Gasteiger partial charge in [-0.15, -0.1) is 0 Å². The van der Waals surface area contributed by atoms with Gasteiger partial charge in [0, 0.05) is 11.5 Å². The molecule has 0 heterocycles. The molecular weight excluding hydrogens is 580 g/mol. The number of carboxylic acid groups (broad SMARTS) is 1. The zero-order chi connectivity index (χ0) is 34.7. The standard InChI is InChI=1S/C18H32O7S.C7H14O2.C6H12O2/c1-7-17(2,3)16(22)25-11-13(19)10-24-14(20)8-9-26-12-18(4,5)15(21)23-6;1-5-7(2,3)6(8)9-4;1-4-6(2,3)5(7)8/h13,19H,7-12H2,1-6H3;5H2,1-4H3;4H2,1-3H3,(H,7,8). The van der Waals surface area contributed by atoms with Gasteiger partial charge in [0.25, 0.3) is 0 Å². The van der Waals surface area contributed by atoms with E-state index in [1.165, 1.54) is 26.0 Å². The number of thioether (sulfide) groups is 1. The fourth-order valence-electron chi connectivity index (χ4n) is 2.21. The van der Waals surface area contributed by atoms with Gasteiger partial charge < -0.3 is 29.2 Å². The first-order valence-corrected chi connectivity index (χ1v) is 15.7. The molecule has 0 aliphatic rings. The van der Waals surface area contributed by atoms with Gasteiger partial charge in [-0.3, -0.25) is 24.0 Å². The van der Waals surface area contributed by atoms with Crippen molar-refractivity contribution >= 4 is 41.6 Å². The number of hydrogen-bond acceptors (Lipinski definition) is 11. The molecular formula is C31H58O11S. The fraction of sp³-hybridized carbons (Fsp3) is 0.839. The van der Waals surface area contributed by atoms with Crippen LogP contribution in [0.4, 0.5) is 0 Å². The third-order valence-corrected chi connectivity index (χ3v) is 8.43. The van der Waals surface area contributed by atoms with E-state index in [0.717, 1.165) is 6.42 Å². The number of aliphatic hydroxyl groups is 1. The number of aliphatic hydroxyl groups excluding tert-OH is 1. The van der Waals surface area contributed by atoms with Crippen molar-refractivity contribution in [3.05, 3.63) is 0 Å². The Labute approximate surface area is 263 Å². The van der Waals surface area contributed by atoms with Crippen LogP contribution in [-0.2, 0) is 42.9 Å². The predicted octanol–water partition coefficient (Wildman–Crippen LogP) is 5.30. The van der Waals surface area contributed by atoms with E-state index in [4.69, 9.17) is 19.3 Å². The highest BCUT2D eigenvalue weighted by molar-refractivity contribution is 7.99. The average Bonchev–Trinajstić information content (AvgIpc) is 2.96. The molecule has 11 nitrogen and oxygen atoms in total. The van der Waals surface area contributed by atoms with Crippen molar-refractivity contribution in [3.8, 4) is 0 Å². The molecule has 0 rings (SSSR count). The zero-order valence-electron chi connectivity index (χ0n) is 28.7. The summed E-state index contributed by atoms with van der Waals surface area (Å²) in [6.45, 7) is 19.6. The Morgan fingerprint density at radius 3 is 1.40 bits per heavy atom. The SMILES string of the molecule is CCC(C)(C)C(=O)O.CCC(C)(C)C(=O)OC.CCC(C)(C)C(=O)OCC(O)COC(=O)CCSCC(C)(C)C(=O)OC. The first kappa shape index (κ1) is 45.1. The Bertz CT molecular complexity index is 864. The lowest BCUT2D eigenvalue weighted by Gasteiger charge is -2.21. The van der Waals surface area contributed by atoms with Crippen molar-refractivity contribution in [3.63, 3.8) is 0 Å². The molecule has 0 radical (unpaired) electrons. The first-order valence-electron chi connectivity index (χ1n) is 14.5. The molecule has 254 valence electrons. The lowest BCUT2D eigenvalue weighted by Crippen LogP contribution is -2.31. The van der Waals surface area contributed by atoms with E-state index in [2.05, 4.69) is 4.74 Å². The van der Waals surface area contributed by atoms with Gasteiger partial charge in [-0.05, 0) is 74.7 Å². The smallest absolute Gasteiger partial charge is 0.312 e. The number of carbonyl (C=O) groups is 5. The largest absolute Gasteiger partial charge is 0.481 e. The van der Waals surface area contributed by atoms with Gasteiger partial charge >= 0.3 is 29.8 Å². The second-order valence-corrected chi connectivity index (χ2v) is 13.7. The summed E-state index contributed by atoms with van der Waals surface area (Å²) in [6.07, 6.45) is 1.24. The first-order chi connectivity index (χ1) is 19.5. The van der Waals surface area contributed by atoms with E-state index in [9.17, 15) is 29.1 Å². The van der Waals surface area contributed by atoms with Crippen LogP contribution in [0.5, 0.6) is 0 Å². The summed E-state index contributed by atoms with van der Waals surface area (Å²) in [5.41, 5.74) is -2.07. The van der Waals surface area contributed by atoms with E-state index >= 15 is 0 Å². The Hall–Kier alpha value is -2.34. The van der Waals surface area contributed by atoms with Gasteiger partial charge in [0.05, 0.1) is 42.3 Å². The third kappa shape index (κ3) is 20.3. The van der Waals surface area contributed by atoms with Crippen LogP contribution in [0.15, 0.2) is 0 Å². The van der Waals surface area contributed by atoms with Crippen molar-refractivity contribution in [2.45, 2.75) is 108 Å². The molecule has 43 heavy (non-hydrogen) atoms. The van der Waals surface area contributed by atoms with Gasteiger partial charge in [-0.25, -0.2) is 0 Å². The maximum absolute atomic E-state index is 11.8. The quantitative estimate of drug-likeness (QED) is 0.128. The van der Waals surface area contributed by atoms with Crippen LogP contribution in [0, 0.1) is 21.7 Å². The molecule has 0 fully saturated rings. The summed E-state index contributed by atoms with van der Waals surface area (Å²) < 4.78 is 19.3. The van der Waals surface area contributed by atoms with Crippen LogP contribution in [-0.4, -0.2) is 85.1 Å². The average molecular weight is 639 g/mol. The van der Waals surface area contributed by atoms with Crippen molar-refractivity contribution in [1.82, 2.24) is 0 Å². The zero-order valence-corrected chi connectivity index (χ0v) is 29.5. The number of hydrogen-bond donors (Lipinski definition) is 2. The molecule has 0 bridgehead atoms. The summed E-state index contributed by atoms with van der Waals surface area (Å²) in [7, 11) is 2.76. The second kappa shape index (κ2) is 21.4. The van der Waals surface area contributed by atoms with Crippen molar-refractivity contribution in [1.29, 1.82) is 0 Å². The van der Waals surface area contributed by atoms with Crippen LogP contribution in [0.25, 0.3) is 0 Å². The van der Waals surface area contributed by atoms with Crippen LogP contribution >= 0.6 is 11.8 Å². The minimum atomic E-state index is -1.05. The number of esters is 4. The number of carbonyl (C=O) groups excluding carboxylic acids is 4. The maximum Gasteiger partial charge on any atom is 0.312 e. The summed E-state index contributed by atoms with van der Waals surface area (Å²) in [6, 6.07) is 0. The lowest BCUT2D eigenvalue weighted by atomic mass is 9.91. The highest BCUT2D eigenvalue weighted by Crippen LogP contribution is 2.24. The minimum Gasteiger partial charge on any atom is -0.481 e. The molecule has 12 heteroatoms. The summed E-state index contributed by atoms with van der Waals surface area (Å²) >= 11 is 1.45. The molecule has 0 aliphatic heterocycles. The Morgan fingerprint density at radius 1 is 0.651 bits per heavy atom. The van der Waals surface area contributed by atoms with Gasteiger partial charge in [0.2, 0.25) is 0 Å². The van der Waals surface area contributed by atoms with E-state index in [1.807, 2.05) is 34.6 Å². The van der Waals surface area contributed by atoms with Crippen LogP contribution < -0.4 is 0 Å². The monoisotopic (exact) mass is 638 g/mol. The number of methoxy groups -OCH3 is 2. The molecule has 2 N–H and O–H groups in total. The normalized spacial score (nSPS) is 12.3. The fourth-order valence-corrected chi connectivity index (χ4v) is 3.29. The lowest BCUT2D eigenvalue weighted by molar-refractivity contribution is -0.160. The van der Waals surface area contributed by atoms with Crippen molar-refractivity contribution < 1.29 is 53.1 Å². The molecule has 0 spiro atoms. The van der Waals surface area contributed by atoms with Crippen LogP contribution in [0.1, 0.15) is 102 Å². The number of aliphatic carboxylic acids is 1. The predicted molar refractivity (Wildman–Crippen MR) is 168 cm³/mol. The highest BCUT2D eigenvalue weighted by atomic mass is 32.2. The van der Waals surface area contributed by atoms with Gasteiger partial charge in [-0.2, -0.15) is 11.8 Å². The number of rotatable bonds is 16. The Balaban J connectivity index is -0.000000762. The van der Waals surface area contributed by atoms with Crippen molar-refractivity contribution in [2.24, 2.45) is 21.7 Å². The second-order valence-electron chi connectivity index (χ2n) is 12.6. The molecule has 0 amide bonds. The molecule has 0 aromatic carbocycles. The van der Waals surface area contributed by atoms with E-state index in [-0.39, 0.29) is 37.0 Å². The van der Waals surface area contributed by atoms with Gasteiger partial charge in [0.1, 0.15) is 19.3 Å². The Kier molecular flexibility index (Phi) is 22.4. The number of carboxylic acids is 1. The van der Waals surface area contributed by atoms with Crippen molar-refractivity contribution in [2.75, 3.05) is 38.9 Å². The summed E-state index contributed by atoms with van der Waals surface area (Å²) in [5.74, 6) is -0.975. The topological polar surface area (TPSA) is 163 Å². The molecule has 0 saturated carbocycles. The third-order valence-electron chi connectivity index (χ3n) is 7.02. The van der Waals surface area contributed by atoms with E-state index in [0.29, 0.717) is 24.3 Å². The van der Waals surface area contributed by atoms with Gasteiger partial charge in [0.15, 0.2) is 0 Å². The molecule has 1 atom stereocenters. The molecule has 0 aromatic heterocycles. The molecule has 0 aliphatic carbocycles. The molecule has 1 unspecified atom stereocenters. The van der Waals surface area contributed by atoms with Gasteiger partial charge in [-0.1, -0.05) is 20.8 Å². The molecule has 0 saturated heterocycles. The number of ether oxygens (including phenoxy) is 4. The maximum atomic E-state index is 11.8. The van der Waals surface area contributed by atoms with E-state index < -0.39 is 40.3 Å². The summed E-state index contributed by atoms with van der Waals surface area (Å²) in [5, 5.41) is 18.2. The summed E-state index contributed by atoms with van der Waals surface area (Å²) in [4.78, 5) is 56.1. The highest BCUT2D eigenvalue weighted by Gasteiger charge is 2.29. The van der Waals surface area contributed by atoms with E-state index in [1.54, 1.807) is 41.5 Å². The minimum absolute atomic E-state index is 0.134. The molecule has 0 aromatic rings.